The molecule has 3 rings (SSSR count). The lowest BCUT2D eigenvalue weighted by molar-refractivity contribution is -0.142. The Bertz CT molecular complexity index is 784. The first-order chi connectivity index (χ1) is 11.9. The molecule has 1 aliphatic heterocycles. The zero-order valence-corrected chi connectivity index (χ0v) is 14.7. The molecule has 0 bridgehead atoms. The zero-order valence-electron chi connectivity index (χ0n) is 13.2. The fourth-order valence-electron chi connectivity index (χ4n) is 2.95. The van der Waals surface area contributed by atoms with Gasteiger partial charge >= 0.3 is 0 Å². The number of benzene rings is 2. The summed E-state index contributed by atoms with van der Waals surface area (Å²) in [5.41, 5.74) is 0.360. The lowest BCUT2D eigenvalue weighted by Crippen LogP contribution is -2.53. The molecule has 2 aromatic carbocycles. The molecule has 1 fully saturated rings. The third kappa shape index (κ3) is 3.65. The lowest BCUT2D eigenvalue weighted by Gasteiger charge is -2.42. The minimum Gasteiger partial charge on any atom is -0.396 e. The van der Waals surface area contributed by atoms with Crippen molar-refractivity contribution < 1.29 is 19.0 Å². The highest BCUT2D eigenvalue weighted by Crippen LogP contribution is 2.38. The normalized spacial score (nSPS) is 20.8. The smallest absolute Gasteiger partial charge is 0.253 e. The van der Waals surface area contributed by atoms with Crippen molar-refractivity contribution in [3.05, 3.63) is 63.9 Å². The van der Waals surface area contributed by atoms with Crippen LogP contribution in [0.25, 0.3) is 0 Å². The maximum Gasteiger partial charge on any atom is 0.253 e. The Morgan fingerprint density at radius 1 is 1.16 bits per heavy atom. The van der Waals surface area contributed by atoms with E-state index in [1.54, 1.807) is 18.2 Å². The van der Waals surface area contributed by atoms with E-state index in [4.69, 9.17) is 27.9 Å². The summed E-state index contributed by atoms with van der Waals surface area (Å²) in [6, 6.07) is 10.8. The molecule has 1 unspecified atom stereocenters. The summed E-state index contributed by atoms with van der Waals surface area (Å²) in [5.74, 6) is -0.615. The molecule has 0 radical (unpaired) electrons. The number of halogens is 3. The maximum absolute atomic E-state index is 13.2. The van der Waals surface area contributed by atoms with Crippen molar-refractivity contribution in [1.29, 1.82) is 0 Å². The number of ether oxygens (including phenoxy) is 1. The van der Waals surface area contributed by atoms with Crippen LogP contribution in [0.3, 0.4) is 0 Å². The molecule has 1 N–H and O–H groups in total. The molecule has 2 aromatic rings. The van der Waals surface area contributed by atoms with Crippen molar-refractivity contribution >= 4 is 34.8 Å². The number of carbonyl (C=O) groups excluding carboxylic acids is 1. The summed E-state index contributed by atoms with van der Waals surface area (Å²) in [6.45, 7) is -0.112. The van der Waals surface area contributed by atoms with Crippen molar-refractivity contribution in [3.63, 3.8) is 0 Å². The number of hydrogen-bond acceptors (Lipinski definition) is 3. The average Bonchev–Trinajstić information content (AvgIpc) is 2.60. The quantitative estimate of drug-likeness (QED) is 0.873. The monoisotopic (exact) mass is 383 g/mol. The second kappa shape index (κ2) is 7.30. The second-order valence-electron chi connectivity index (χ2n) is 5.84. The third-order valence-electron chi connectivity index (χ3n) is 4.29. The number of hydrogen-bond donors (Lipinski definition) is 1. The number of carbonyl (C=O) groups is 1. The summed E-state index contributed by atoms with van der Waals surface area (Å²) < 4.78 is 19.0. The van der Waals surface area contributed by atoms with Crippen molar-refractivity contribution in [2.45, 2.75) is 12.0 Å². The van der Waals surface area contributed by atoms with E-state index >= 15 is 0 Å². The molecule has 0 aromatic heterocycles. The molecule has 0 spiro atoms. The predicted octanol–water partition coefficient (Wildman–Crippen LogP) is 3.77. The first-order valence-corrected chi connectivity index (χ1v) is 8.47. The predicted molar refractivity (Wildman–Crippen MR) is 94.5 cm³/mol. The fraction of sp³-hybridized carbons (Fsp3) is 0.278. The van der Waals surface area contributed by atoms with Gasteiger partial charge in [-0.3, -0.25) is 4.79 Å². The van der Waals surface area contributed by atoms with Gasteiger partial charge in [-0.1, -0.05) is 29.3 Å². The SMILES string of the molecule is O=C1COC(CCO)(c2ccc(Cl)c(Cl)c2)CN1c1ccc(F)cc1. The van der Waals surface area contributed by atoms with Gasteiger partial charge < -0.3 is 14.7 Å². The Kier molecular flexibility index (Phi) is 5.29. The molecule has 0 aliphatic carbocycles. The van der Waals surface area contributed by atoms with E-state index in [1.165, 1.54) is 29.2 Å². The molecule has 7 heteroatoms. The van der Waals surface area contributed by atoms with E-state index in [0.717, 1.165) is 5.56 Å². The van der Waals surface area contributed by atoms with Gasteiger partial charge in [0.25, 0.3) is 5.91 Å². The van der Waals surface area contributed by atoms with Crippen LogP contribution in [0.15, 0.2) is 42.5 Å². The summed E-state index contributed by atoms with van der Waals surface area (Å²) in [7, 11) is 0. The third-order valence-corrected chi connectivity index (χ3v) is 5.03. The summed E-state index contributed by atoms with van der Waals surface area (Å²) in [6.07, 6.45) is 0.274. The van der Waals surface area contributed by atoms with Crippen LogP contribution in [0.1, 0.15) is 12.0 Å². The van der Waals surface area contributed by atoms with Crippen molar-refractivity contribution in [1.82, 2.24) is 0 Å². The highest BCUT2D eigenvalue weighted by molar-refractivity contribution is 6.42. The molecule has 132 valence electrons. The van der Waals surface area contributed by atoms with Gasteiger partial charge in [0.2, 0.25) is 0 Å². The zero-order chi connectivity index (χ0) is 18.0. The first-order valence-electron chi connectivity index (χ1n) is 7.71. The van der Waals surface area contributed by atoms with E-state index in [-0.39, 0.29) is 37.9 Å². The number of aliphatic hydroxyl groups excluding tert-OH is 1. The first kappa shape index (κ1) is 18.1. The highest BCUT2D eigenvalue weighted by Gasteiger charge is 2.41. The van der Waals surface area contributed by atoms with Crippen LogP contribution in [0.4, 0.5) is 10.1 Å². The van der Waals surface area contributed by atoms with E-state index in [1.807, 2.05) is 0 Å². The molecule has 1 saturated heterocycles. The number of rotatable bonds is 4. The largest absolute Gasteiger partial charge is 0.396 e. The van der Waals surface area contributed by atoms with E-state index in [9.17, 15) is 14.3 Å². The Labute approximate surface area is 154 Å². The molecule has 1 amide bonds. The second-order valence-corrected chi connectivity index (χ2v) is 6.66. The number of amides is 1. The van der Waals surface area contributed by atoms with Crippen molar-refractivity contribution in [3.8, 4) is 0 Å². The standard InChI is InChI=1S/C18H16Cl2FNO3/c19-15-6-1-12(9-16(15)20)18(7-8-23)11-22(17(24)10-25-18)14-4-2-13(21)3-5-14/h1-6,9,23H,7-8,10-11H2. The number of nitrogens with zero attached hydrogens (tertiary/aromatic N) is 1. The minimum atomic E-state index is -0.925. The van der Waals surface area contributed by atoms with Crippen LogP contribution in [-0.2, 0) is 15.1 Å². The van der Waals surface area contributed by atoms with Gasteiger partial charge in [0.15, 0.2) is 0 Å². The summed E-state index contributed by atoms with van der Waals surface area (Å²) in [5, 5.41) is 10.3. The number of anilines is 1. The van der Waals surface area contributed by atoms with E-state index in [0.29, 0.717) is 15.7 Å². The van der Waals surface area contributed by atoms with E-state index < -0.39 is 5.60 Å². The van der Waals surface area contributed by atoms with Gasteiger partial charge in [-0.15, -0.1) is 0 Å². The van der Waals surface area contributed by atoms with Crippen LogP contribution < -0.4 is 4.90 Å². The van der Waals surface area contributed by atoms with Gasteiger partial charge in [0, 0.05) is 18.7 Å². The van der Waals surface area contributed by atoms with Crippen molar-refractivity contribution in [2.24, 2.45) is 0 Å². The van der Waals surface area contributed by atoms with E-state index in [2.05, 4.69) is 0 Å². The molecule has 1 atom stereocenters. The van der Waals surface area contributed by atoms with Gasteiger partial charge in [-0.05, 0) is 42.0 Å². The van der Waals surface area contributed by atoms with Crippen LogP contribution >= 0.6 is 23.2 Å². The Balaban J connectivity index is 1.99. The number of morpholine rings is 1. The lowest BCUT2D eigenvalue weighted by atomic mass is 9.88. The topological polar surface area (TPSA) is 49.8 Å². The average molecular weight is 384 g/mol. The van der Waals surface area contributed by atoms with Crippen LogP contribution in [0.5, 0.6) is 0 Å². The molecule has 0 saturated carbocycles. The van der Waals surface area contributed by atoms with Crippen LogP contribution in [0, 0.1) is 5.82 Å². The minimum absolute atomic E-state index is 0.133. The van der Waals surface area contributed by atoms with Crippen molar-refractivity contribution in [2.75, 3.05) is 24.7 Å². The Hall–Kier alpha value is -1.66. The van der Waals surface area contributed by atoms with Gasteiger partial charge in [0.1, 0.15) is 18.0 Å². The van der Waals surface area contributed by atoms with Gasteiger partial charge in [-0.2, -0.15) is 0 Å². The molecular formula is C18H16Cl2FNO3. The highest BCUT2D eigenvalue weighted by atomic mass is 35.5. The molecule has 4 nitrogen and oxygen atoms in total. The molecule has 1 heterocycles. The Morgan fingerprint density at radius 3 is 2.52 bits per heavy atom. The van der Waals surface area contributed by atoms with Gasteiger partial charge in [-0.25, -0.2) is 4.39 Å². The maximum atomic E-state index is 13.2. The van der Waals surface area contributed by atoms with Crippen LogP contribution in [0.2, 0.25) is 10.0 Å². The Morgan fingerprint density at radius 2 is 1.88 bits per heavy atom. The summed E-state index contributed by atoms with van der Waals surface area (Å²) in [4.78, 5) is 13.9. The van der Waals surface area contributed by atoms with Gasteiger partial charge in [0.05, 0.1) is 16.6 Å². The summed E-state index contributed by atoms with van der Waals surface area (Å²) >= 11 is 12.1. The molecule has 25 heavy (non-hydrogen) atoms. The fourth-order valence-corrected chi connectivity index (χ4v) is 3.25. The molecular weight excluding hydrogens is 368 g/mol. The molecule has 1 aliphatic rings. The van der Waals surface area contributed by atoms with Crippen LogP contribution in [-0.4, -0.2) is 30.8 Å². The number of aliphatic hydroxyl groups is 1.